The lowest BCUT2D eigenvalue weighted by atomic mass is 9.32. The molecular weight excluding hydrogens is 558 g/mol. The molecule has 9 atom stereocenters. The number of ketones is 1. The van der Waals surface area contributed by atoms with Gasteiger partial charge in [0.2, 0.25) is 0 Å². The van der Waals surface area contributed by atoms with Gasteiger partial charge in [-0.3, -0.25) is 9.69 Å². The van der Waals surface area contributed by atoms with E-state index in [4.69, 9.17) is 0 Å². The fourth-order valence-corrected chi connectivity index (χ4v) is 11.9. The van der Waals surface area contributed by atoms with Gasteiger partial charge in [-0.25, -0.2) is 0 Å². The number of rotatable bonds is 6. The fraction of sp³-hybridized carbons (Fsp3) is 0.575. The first-order valence-corrected chi connectivity index (χ1v) is 17.5. The maximum absolute atomic E-state index is 15.2. The molecular formula is C40H49NO4. The van der Waals surface area contributed by atoms with Crippen molar-refractivity contribution in [2.75, 3.05) is 19.7 Å². The summed E-state index contributed by atoms with van der Waals surface area (Å²) in [6.45, 7) is 6.41. The second kappa shape index (κ2) is 10.2. The normalized spacial score (nSPS) is 43.4. The maximum atomic E-state index is 15.2. The molecule has 2 spiro atoms. The summed E-state index contributed by atoms with van der Waals surface area (Å²) in [7, 11) is 0. The van der Waals surface area contributed by atoms with Crippen molar-refractivity contribution in [2.24, 2.45) is 33.5 Å². The summed E-state index contributed by atoms with van der Waals surface area (Å²) < 4.78 is 0. The van der Waals surface area contributed by atoms with Gasteiger partial charge in [0.1, 0.15) is 0 Å². The molecule has 5 heteroatoms. The quantitative estimate of drug-likeness (QED) is 0.255. The number of carbonyl (C=O) groups excluding carboxylic acids is 1. The molecule has 3 saturated carbocycles. The highest BCUT2D eigenvalue weighted by Crippen LogP contribution is 2.78. The van der Waals surface area contributed by atoms with E-state index in [0.29, 0.717) is 19.4 Å². The molecule has 1 saturated heterocycles. The van der Waals surface area contributed by atoms with Crippen LogP contribution >= 0.6 is 0 Å². The highest BCUT2D eigenvalue weighted by molar-refractivity contribution is 6.14. The zero-order valence-electron chi connectivity index (χ0n) is 26.9. The van der Waals surface area contributed by atoms with E-state index in [1.54, 1.807) is 0 Å². The van der Waals surface area contributed by atoms with Gasteiger partial charge in [-0.1, -0.05) is 86.7 Å². The third-order valence-corrected chi connectivity index (χ3v) is 14.4. The summed E-state index contributed by atoms with van der Waals surface area (Å²) in [5.74, 6) is 0.499. The van der Waals surface area contributed by atoms with Crippen molar-refractivity contribution in [1.82, 2.24) is 4.90 Å². The number of β-amino-alcohol motifs (C(OH)–C–C–N with tert-alkyl or cyclic N) is 1. The smallest absolute Gasteiger partial charge is 0.190 e. The van der Waals surface area contributed by atoms with Crippen molar-refractivity contribution in [1.29, 1.82) is 0 Å². The Morgan fingerprint density at radius 2 is 1.60 bits per heavy atom. The van der Waals surface area contributed by atoms with Gasteiger partial charge in [-0.05, 0) is 92.7 Å². The summed E-state index contributed by atoms with van der Waals surface area (Å²) in [6.07, 6.45) is 14.7. The van der Waals surface area contributed by atoms with Crippen LogP contribution in [0, 0.1) is 33.5 Å². The lowest BCUT2D eigenvalue weighted by Crippen LogP contribution is -2.67. The molecule has 0 aromatic heterocycles. The number of fused-ring (bicyclic) bond motifs is 1. The number of aliphatic hydroxyl groups excluding tert-OH is 2. The van der Waals surface area contributed by atoms with E-state index in [1.807, 2.05) is 36.4 Å². The molecule has 9 unspecified atom stereocenters. The second-order valence-corrected chi connectivity index (χ2v) is 16.0. The molecule has 45 heavy (non-hydrogen) atoms. The van der Waals surface area contributed by atoms with Crippen molar-refractivity contribution >= 4 is 5.78 Å². The molecule has 2 bridgehead atoms. The summed E-state index contributed by atoms with van der Waals surface area (Å²) in [6, 6.07) is 18.4. The van der Waals surface area contributed by atoms with Gasteiger partial charge in [0.15, 0.2) is 5.78 Å². The molecule has 7 aliphatic rings. The van der Waals surface area contributed by atoms with E-state index in [0.717, 1.165) is 73.8 Å². The van der Waals surface area contributed by atoms with E-state index in [2.05, 4.69) is 55.2 Å². The molecule has 2 aromatic rings. The Morgan fingerprint density at radius 3 is 2.40 bits per heavy atom. The zero-order valence-corrected chi connectivity index (χ0v) is 26.9. The Kier molecular flexibility index (Phi) is 6.76. The Hall–Kier alpha value is -2.57. The lowest BCUT2D eigenvalue weighted by Gasteiger charge is -2.71. The summed E-state index contributed by atoms with van der Waals surface area (Å²) >= 11 is 0. The largest absolute Gasteiger partial charge is 0.395 e. The number of hydrogen-bond donors (Lipinski definition) is 3. The van der Waals surface area contributed by atoms with Crippen LogP contribution in [0.5, 0.6) is 0 Å². The Labute approximate surface area is 268 Å². The van der Waals surface area contributed by atoms with Crippen molar-refractivity contribution in [3.63, 3.8) is 0 Å². The predicted molar refractivity (Wildman–Crippen MR) is 176 cm³/mol. The third kappa shape index (κ3) is 3.91. The van der Waals surface area contributed by atoms with Crippen LogP contribution < -0.4 is 0 Å². The standard InChI is InChI=1S/C40H49NO4/c1-36-17-14-29(43)23-38(36)20-21-40(32(24-38)35(44)31-13-7-6-12-30(31)27-9-4-3-5-10-27)33(36)15-18-37(2)34(40)16-19-39(37,45)26-41-22-8-11-28(41)25-42/h3-7,9-10,12-13,20-21,24,28-29,33-34,42-43,45H,8,11,14-19,22-23,25-26H2,1-2H3. The molecule has 6 aliphatic carbocycles. The topological polar surface area (TPSA) is 81.0 Å². The number of aliphatic hydroxyl groups is 3. The van der Waals surface area contributed by atoms with Gasteiger partial charge >= 0.3 is 0 Å². The van der Waals surface area contributed by atoms with Crippen molar-refractivity contribution in [2.45, 2.75) is 89.4 Å². The first kappa shape index (κ1) is 29.8. The molecule has 4 fully saturated rings. The molecule has 5 nitrogen and oxygen atoms in total. The Balaban J connectivity index is 1.27. The summed E-state index contributed by atoms with van der Waals surface area (Å²) in [4.78, 5) is 17.6. The highest BCUT2D eigenvalue weighted by Gasteiger charge is 2.74. The van der Waals surface area contributed by atoms with E-state index in [1.165, 1.54) is 0 Å². The van der Waals surface area contributed by atoms with Crippen molar-refractivity contribution in [3.8, 4) is 11.1 Å². The third-order valence-electron chi connectivity index (χ3n) is 14.4. The van der Waals surface area contributed by atoms with Crippen LogP contribution in [0.15, 0.2) is 78.4 Å². The molecule has 1 heterocycles. The van der Waals surface area contributed by atoms with Gasteiger partial charge in [0, 0.05) is 40.0 Å². The maximum Gasteiger partial charge on any atom is 0.190 e. The van der Waals surface area contributed by atoms with Crippen LogP contribution in [0.1, 0.15) is 82.0 Å². The van der Waals surface area contributed by atoms with E-state index in [-0.39, 0.29) is 52.6 Å². The monoisotopic (exact) mass is 607 g/mol. The van der Waals surface area contributed by atoms with Crippen LogP contribution in [-0.4, -0.2) is 63.4 Å². The highest BCUT2D eigenvalue weighted by atomic mass is 16.3. The SMILES string of the molecule is CC12CCC(O)CC13C=CC1(C(C(=O)c4ccccc4-c4ccccc4)=C3)C2CCC2(C)C1CCC2(O)CN1CCCC1CO. The molecule has 1 aliphatic heterocycles. The van der Waals surface area contributed by atoms with Gasteiger partial charge in [-0.15, -0.1) is 0 Å². The van der Waals surface area contributed by atoms with Crippen LogP contribution in [0.4, 0.5) is 0 Å². The molecule has 0 amide bonds. The number of hydrogen-bond acceptors (Lipinski definition) is 5. The Bertz CT molecular complexity index is 1570. The zero-order chi connectivity index (χ0) is 31.2. The Morgan fingerprint density at radius 1 is 0.889 bits per heavy atom. The van der Waals surface area contributed by atoms with Gasteiger partial charge in [-0.2, -0.15) is 0 Å². The number of Topliss-reactive ketones (excluding diaryl/α,β-unsaturated/α-hetero) is 1. The van der Waals surface area contributed by atoms with Crippen molar-refractivity contribution in [3.05, 3.63) is 84.0 Å². The number of nitrogens with zero attached hydrogens (tertiary/aromatic N) is 1. The van der Waals surface area contributed by atoms with Gasteiger partial charge in [0.25, 0.3) is 0 Å². The van der Waals surface area contributed by atoms with E-state index >= 15 is 4.79 Å². The predicted octanol–water partition coefficient (Wildman–Crippen LogP) is 6.58. The van der Waals surface area contributed by atoms with Crippen LogP contribution in [0.25, 0.3) is 11.1 Å². The molecule has 238 valence electrons. The number of likely N-dealkylation sites (tertiary alicyclic amines) is 1. The average molecular weight is 608 g/mol. The van der Waals surface area contributed by atoms with Crippen LogP contribution in [-0.2, 0) is 0 Å². The summed E-state index contributed by atoms with van der Waals surface area (Å²) in [5, 5.41) is 33.9. The molecule has 2 aromatic carbocycles. The molecule has 0 radical (unpaired) electrons. The number of allylic oxidation sites excluding steroid dienone is 4. The van der Waals surface area contributed by atoms with Gasteiger partial charge in [0.05, 0.1) is 18.3 Å². The average Bonchev–Trinajstić information content (AvgIpc) is 3.61. The molecule has 9 rings (SSSR count). The van der Waals surface area contributed by atoms with Gasteiger partial charge < -0.3 is 15.3 Å². The van der Waals surface area contributed by atoms with E-state index in [9.17, 15) is 15.3 Å². The first-order chi connectivity index (χ1) is 21.6. The minimum atomic E-state index is -0.880. The van der Waals surface area contributed by atoms with Crippen LogP contribution in [0.3, 0.4) is 0 Å². The second-order valence-electron chi connectivity index (χ2n) is 16.0. The minimum absolute atomic E-state index is 0.0529. The lowest BCUT2D eigenvalue weighted by molar-refractivity contribution is -0.177. The summed E-state index contributed by atoms with van der Waals surface area (Å²) in [5.41, 5.74) is 1.51. The number of carbonyl (C=O) groups is 1. The van der Waals surface area contributed by atoms with Crippen molar-refractivity contribution < 1.29 is 20.1 Å². The molecule has 3 N–H and O–H groups in total. The minimum Gasteiger partial charge on any atom is -0.395 e. The van der Waals surface area contributed by atoms with Crippen LogP contribution in [0.2, 0.25) is 0 Å². The fourth-order valence-electron chi connectivity index (χ4n) is 11.9. The number of benzene rings is 2. The first-order valence-electron chi connectivity index (χ1n) is 17.5. The van der Waals surface area contributed by atoms with E-state index < -0.39 is 11.0 Å².